The van der Waals surface area contributed by atoms with Gasteiger partial charge in [0.25, 0.3) is 11.8 Å². The molecule has 0 fully saturated rings. The normalized spacial score (nSPS) is 11.5. The Bertz CT molecular complexity index is 788. The number of benzene rings is 2. The molecule has 156 valence electrons. The molecule has 29 heavy (non-hydrogen) atoms. The SMILES string of the molecule is CCOc1ccc(O[C@H](C)C(=O)NNC(=O)COc2ccc(C(C)C)cc2)cc1. The Kier molecular flexibility index (Phi) is 8.33. The molecule has 0 spiro atoms. The average Bonchev–Trinajstić information content (AvgIpc) is 2.72. The fourth-order valence-electron chi connectivity index (χ4n) is 2.41. The van der Waals surface area contributed by atoms with Gasteiger partial charge in [0.15, 0.2) is 12.7 Å². The van der Waals surface area contributed by atoms with Crippen LogP contribution in [0.1, 0.15) is 39.2 Å². The first-order valence-corrected chi connectivity index (χ1v) is 9.60. The van der Waals surface area contributed by atoms with Gasteiger partial charge in [-0.1, -0.05) is 26.0 Å². The van der Waals surface area contributed by atoms with E-state index in [0.29, 0.717) is 24.0 Å². The third-order valence-electron chi connectivity index (χ3n) is 4.06. The molecule has 0 saturated heterocycles. The van der Waals surface area contributed by atoms with E-state index >= 15 is 0 Å². The van der Waals surface area contributed by atoms with Gasteiger partial charge in [-0.3, -0.25) is 20.4 Å². The van der Waals surface area contributed by atoms with E-state index in [1.807, 2.05) is 31.2 Å². The van der Waals surface area contributed by atoms with Crippen molar-refractivity contribution in [1.29, 1.82) is 0 Å². The lowest BCUT2D eigenvalue weighted by Gasteiger charge is -2.15. The van der Waals surface area contributed by atoms with Crippen molar-refractivity contribution in [2.45, 2.75) is 39.7 Å². The molecule has 2 aromatic rings. The van der Waals surface area contributed by atoms with Gasteiger partial charge in [0.2, 0.25) is 0 Å². The molecular weight excluding hydrogens is 372 g/mol. The second-order valence-corrected chi connectivity index (χ2v) is 6.71. The van der Waals surface area contributed by atoms with Gasteiger partial charge in [-0.15, -0.1) is 0 Å². The molecule has 0 aliphatic heterocycles. The van der Waals surface area contributed by atoms with Crippen LogP contribution >= 0.6 is 0 Å². The Morgan fingerprint density at radius 3 is 1.97 bits per heavy atom. The topological polar surface area (TPSA) is 85.9 Å². The van der Waals surface area contributed by atoms with Crippen molar-refractivity contribution in [3.8, 4) is 17.2 Å². The maximum Gasteiger partial charge on any atom is 0.279 e. The second kappa shape index (κ2) is 10.9. The lowest BCUT2D eigenvalue weighted by Crippen LogP contribution is -2.48. The molecule has 1 atom stereocenters. The van der Waals surface area contributed by atoms with Crippen molar-refractivity contribution < 1.29 is 23.8 Å². The van der Waals surface area contributed by atoms with Gasteiger partial charge in [-0.05, 0) is 61.7 Å². The summed E-state index contributed by atoms with van der Waals surface area (Å²) in [4.78, 5) is 24.0. The van der Waals surface area contributed by atoms with Crippen molar-refractivity contribution in [3.63, 3.8) is 0 Å². The molecule has 0 bridgehead atoms. The van der Waals surface area contributed by atoms with Crippen LogP contribution in [0.15, 0.2) is 48.5 Å². The standard InChI is InChI=1S/C22H28N2O5/c1-5-27-18-10-12-20(13-11-18)29-16(4)22(26)24-23-21(25)14-28-19-8-6-17(7-9-19)15(2)3/h6-13,15-16H,5,14H2,1-4H3,(H,23,25)(H,24,26)/t16-/m1/s1. The molecule has 0 aliphatic carbocycles. The number of hydrogen-bond donors (Lipinski definition) is 2. The van der Waals surface area contributed by atoms with Gasteiger partial charge in [-0.25, -0.2) is 0 Å². The zero-order chi connectivity index (χ0) is 21.2. The summed E-state index contributed by atoms with van der Waals surface area (Å²) in [5.74, 6) is 1.31. The summed E-state index contributed by atoms with van der Waals surface area (Å²) in [6.45, 7) is 8.06. The van der Waals surface area contributed by atoms with E-state index in [2.05, 4.69) is 24.7 Å². The van der Waals surface area contributed by atoms with E-state index < -0.39 is 17.9 Å². The third kappa shape index (κ3) is 7.37. The predicted octanol–water partition coefficient (Wildman–Crippen LogP) is 3.20. The van der Waals surface area contributed by atoms with Crippen LogP contribution in [0.25, 0.3) is 0 Å². The highest BCUT2D eigenvalue weighted by Crippen LogP contribution is 2.19. The van der Waals surface area contributed by atoms with E-state index in [1.165, 1.54) is 5.56 Å². The smallest absolute Gasteiger partial charge is 0.279 e. The molecule has 0 unspecified atom stereocenters. The first kappa shape index (κ1) is 22.1. The van der Waals surface area contributed by atoms with Crippen LogP contribution in [-0.4, -0.2) is 31.1 Å². The van der Waals surface area contributed by atoms with Gasteiger partial charge < -0.3 is 14.2 Å². The van der Waals surface area contributed by atoms with Crippen LogP contribution in [0.5, 0.6) is 17.2 Å². The van der Waals surface area contributed by atoms with Crippen LogP contribution in [0.3, 0.4) is 0 Å². The molecule has 2 aromatic carbocycles. The zero-order valence-electron chi connectivity index (χ0n) is 17.2. The van der Waals surface area contributed by atoms with Crippen LogP contribution in [-0.2, 0) is 9.59 Å². The monoisotopic (exact) mass is 400 g/mol. The lowest BCUT2D eigenvalue weighted by atomic mass is 10.0. The summed E-state index contributed by atoms with van der Waals surface area (Å²) in [7, 11) is 0. The Balaban J connectivity index is 1.72. The molecule has 2 N–H and O–H groups in total. The zero-order valence-corrected chi connectivity index (χ0v) is 17.2. The lowest BCUT2D eigenvalue weighted by molar-refractivity contribution is -0.133. The van der Waals surface area contributed by atoms with Crippen LogP contribution in [0.2, 0.25) is 0 Å². The van der Waals surface area contributed by atoms with Crippen molar-refractivity contribution in [2.24, 2.45) is 0 Å². The summed E-state index contributed by atoms with van der Waals surface area (Å²) in [5.41, 5.74) is 5.83. The largest absolute Gasteiger partial charge is 0.494 e. The average molecular weight is 400 g/mol. The minimum Gasteiger partial charge on any atom is -0.494 e. The number of hydrogen-bond acceptors (Lipinski definition) is 5. The van der Waals surface area contributed by atoms with E-state index in [4.69, 9.17) is 14.2 Å². The molecular formula is C22H28N2O5. The predicted molar refractivity (Wildman–Crippen MR) is 110 cm³/mol. The summed E-state index contributed by atoms with van der Waals surface area (Å²) >= 11 is 0. The quantitative estimate of drug-likeness (QED) is 0.632. The number of hydrazine groups is 1. The van der Waals surface area contributed by atoms with Crippen molar-refractivity contribution in [3.05, 3.63) is 54.1 Å². The molecule has 0 radical (unpaired) electrons. The van der Waals surface area contributed by atoms with Crippen molar-refractivity contribution >= 4 is 11.8 Å². The first-order valence-electron chi connectivity index (χ1n) is 9.60. The third-order valence-corrected chi connectivity index (χ3v) is 4.06. The molecule has 2 rings (SSSR count). The molecule has 0 saturated carbocycles. The van der Waals surface area contributed by atoms with Gasteiger partial charge in [0, 0.05) is 0 Å². The minimum absolute atomic E-state index is 0.213. The summed E-state index contributed by atoms with van der Waals surface area (Å²) in [5, 5.41) is 0. The summed E-state index contributed by atoms with van der Waals surface area (Å²) < 4.78 is 16.3. The van der Waals surface area contributed by atoms with Crippen LogP contribution in [0.4, 0.5) is 0 Å². The molecule has 2 amide bonds. The molecule has 0 aliphatic rings. The fraction of sp³-hybridized carbons (Fsp3) is 0.364. The second-order valence-electron chi connectivity index (χ2n) is 6.71. The van der Waals surface area contributed by atoms with Crippen molar-refractivity contribution in [1.82, 2.24) is 10.9 Å². The van der Waals surface area contributed by atoms with Gasteiger partial charge >= 0.3 is 0 Å². The highest BCUT2D eigenvalue weighted by Gasteiger charge is 2.15. The number of ether oxygens (including phenoxy) is 3. The first-order chi connectivity index (χ1) is 13.9. The molecule has 0 aromatic heterocycles. The molecule has 7 heteroatoms. The molecule has 0 heterocycles. The molecule has 7 nitrogen and oxygen atoms in total. The van der Waals surface area contributed by atoms with Crippen molar-refractivity contribution in [2.75, 3.05) is 13.2 Å². The number of amides is 2. The maximum absolute atomic E-state index is 12.1. The minimum atomic E-state index is -0.794. The number of carbonyl (C=O) groups excluding carboxylic acids is 2. The van der Waals surface area contributed by atoms with Crippen LogP contribution < -0.4 is 25.1 Å². The van der Waals surface area contributed by atoms with Gasteiger partial charge in [0.05, 0.1) is 6.61 Å². The van der Waals surface area contributed by atoms with E-state index in [9.17, 15) is 9.59 Å². The van der Waals surface area contributed by atoms with Gasteiger partial charge in [-0.2, -0.15) is 0 Å². The Morgan fingerprint density at radius 1 is 0.828 bits per heavy atom. The highest BCUT2D eigenvalue weighted by atomic mass is 16.5. The summed E-state index contributed by atoms with van der Waals surface area (Å²) in [6, 6.07) is 14.5. The van der Waals surface area contributed by atoms with E-state index in [1.54, 1.807) is 31.2 Å². The Morgan fingerprint density at radius 2 is 1.38 bits per heavy atom. The maximum atomic E-state index is 12.1. The number of nitrogens with one attached hydrogen (secondary N) is 2. The highest BCUT2D eigenvalue weighted by molar-refractivity contribution is 5.85. The Labute approximate surface area is 171 Å². The van der Waals surface area contributed by atoms with Gasteiger partial charge in [0.1, 0.15) is 17.2 Å². The number of rotatable bonds is 9. The summed E-state index contributed by atoms with van der Waals surface area (Å²) in [6.07, 6.45) is -0.794. The number of carbonyl (C=O) groups is 2. The van der Waals surface area contributed by atoms with E-state index in [0.717, 1.165) is 5.75 Å². The van der Waals surface area contributed by atoms with Crippen LogP contribution in [0, 0.1) is 0 Å². The Hall–Kier alpha value is -3.22. The fourth-order valence-corrected chi connectivity index (χ4v) is 2.41. The van der Waals surface area contributed by atoms with E-state index in [-0.39, 0.29) is 6.61 Å².